The monoisotopic (exact) mass is 677 g/mol. The number of nitrogens with zero attached hydrogens (tertiary/aromatic N) is 4. The molecular weight excluding hydrogens is 652 g/mol. The van der Waals surface area contributed by atoms with Crippen molar-refractivity contribution in [2.75, 3.05) is 7.11 Å². The lowest BCUT2D eigenvalue weighted by atomic mass is 10.1. The second kappa shape index (κ2) is 13.9. The molecule has 49 heavy (non-hydrogen) atoms. The Hall–Kier alpha value is -6.19. The van der Waals surface area contributed by atoms with Gasteiger partial charge in [0.15, 0.2) is 5.57 Å². The summed E-state index contributed by atoms with van der Waals surface area (Å²) in [4.78, 5) is 27.6. The molecule has 0 spiro atoms. The van der Waals surface area contributed by atoms with E-state index in [1.165, 1.54) is 18.2 Å². The molecule has 12 heteroatoms. The number of rotatable bonds is 8. The molecule has 0 aliphatic carbocycles. The predicted molar refractivity (Wildman–Crippen MR) is 181 cm³/mol. The number of hydrogen-bond donors (Lipinski definition) is 1. The zero-order valence-electron chi connectivity index (χ0n) is 25.8. The van der Waals surface area contributed by atoms with Gasteiger partial charge in [-0.05, 0) is 60.2 Å². The molecular formula is C37H26F3N5O3S. The van der Waals surface area contributed by atoms with Crippen LogP contribution in [0.5, 0.6) is 5.75 Å². The summed E-state index contributed by atoms with van der Waals surface area (Å²) in [5.41, 5.74) is 0.162. The first-order valence-electron chi connectivity index (χ1n) is 14.8. The van der Waals surface area contributed by atoms with Crippen molar-refractivity contribution in [2.45, 2.75) is 12.7 Å². The number of nitrogens with one attached hydrogen (secondary N) is 1. The molecule has 6 rings (SSSR count). The summed E-state index contributed by atoms with van der Waals surface area (Å²) in [6.45, 7) is 0.0580. The number of carbonyl (C=O) groups excluding carboxylic acids is 1. The summed E-state index contributed by atoms with van der Waals surface area (Å²) in [5, 5.41) is 17.6. The molecule has 0 radical (unpaired) electrons. The van der Waals surface area contributed by atoms with Crippen molar-refractivity contribution < 1.29 is 22.7 Å². The van der Waals surface area contributed by atoms with Gasteiger partial charge in [-0.15, -0.1) is 11.3 Å². The zero-order chi connectivity index (χ0) is 34.5. The van der Waals surface area contributed by atoms with Crippen LogP contribution in [0, 0.1) is 11.3 Å². The molecule has 4 aromatic carbocycles. The van der Waals surface area contributed by atoms with Gasteiger partial charge in [-0.3, -0.25) is 14.2 Å². The van der Waals surface area contributed by atoms with Crippen LogP contribution in [0.15, 0.2) is 120 Å². The molecule has 0 saturated heterocycles. The van der Waals surface area contributed by atoms with Crippen LogP contribution in [-0.4, -0.2) is 27.4 Å². The minimum Gasteiger partial charge on any atom is -0.497 e. The Kier molecular flexibility index (Phi) is 9.28. The number of nitriles is 1. The van der Waals surface area contributed by atoms with Gasteiger partial charge < -0.3 is 10.1 Å². The van der Waals surface area contributed by atoms with Gasteiger partial charge in [0.2, 0.25) is 0 Å². The van der Waals surface area contributed by atoms with Gasteiger partial charge in [0.1, 0.15) is 22.2 Å². The second-order valence-electron chi connectivity index (χ2n) is 10.7. The highest BCUT2D eigenvalue weighted by atomic mass is 32.1. The maximum atomic E-state index is 14.3. The van der Waals surface area contributed by atoms with Gasteiger partial charge >= 0.3 is 6.18 Å². The van der Waals surface area contributed by atoms with Crippen LogP contribution in [0.2, 0.25) is 0 Å². The first-order chi connectivity index (χ1) is 23.7. The predicted octanol–water partition coefficient (Wildman–Crippen LogP) is 5.60. The van der Waals surface area contributed by atoms with E-state index in [1.807, 2.05) is 42.5 Å². The highest BCUT2D eigenvalue weighted by Crippen LogP contribution is 2.33. The molecule has 0 bridgehead atoms. The summed E-state index contributed by atoms with van der Waals surface area (Å²) in [6, 6.07) is 31.6. The number of hydrogen-bond acceptors (Lipinski definition) is 6. The molecule has 0 saturated carbocycles. The minimum atomic E-state index is -4.83. The number of carbonyl (C=O) groups is 1. The number of ether oxygens (including phenoxy) is 1. The SMILES string of the molecule is COc1ccc(-c2nn(-c3ccccc3)cc2/C=c2\s/c(=C(\C#N)C(=O)NCc3ccccc3)n(-c3ccccc3C(F)(F)F)c2=O)cc1. The van der Waals surface area contributed by atoms with Crippen LogP contribution in [0.3, 0.4) is 0 Å². The maximum absolute atomic E-state index is 14.3. The Morgan fingerprint density at radius 2 is 1.61 bits per heavy atom. The van der Waals surface area contributed by atoms with Crippen LogP contribution in [-0.2, 0) is 17.5 Å². The summed E-state index contributed by atoms with van der Waals surface area (Å²) < 4.78 is 50.2. The minimum absolute atomic E-state index is 0.0158. The number of thiazole rings is 1. The molecule has 0 unspecified atom stereocenters. The van der Waals surface area contributed by atoms with Crippen molar-refractivity contribution in [3.63, 3.8) is 0 Å². The normalized spacial score (nSPS) is 12.3. The van der Waals surface area contributed by atoms with E-state index < -0.39 is 34.5 Å². The lowest BCUT2D eigenvalue weighted by molar-refractivity contribution is -0.137. The Morgan fingerprint density at radius 1 is 0.959 bits per heavy atom. The first kappa shape index (κ1) is 32.7. The average molecular weight is 678 g/mol. The highest BCUT2D eigenvalue weighted by Gasteiger charge is 2.34. The topological polar surface area (TPSA) is 102 Å². The molecule has 6 aromatic rings. The Bertz CT molecular complexity index is 2360. The van der Waals surface area contributed by atoms with Gasteiger partial charge in [0.25, 0.3) is 11.5 Å². The molecule has 0 aliphatic heterocycles. The molecule has 0 atom stereocenters. The zero-order valence-corrected chi connectivity index (χ0v) is 26.6. The van der Waals surface area contributed by atoms with Crippen molar-refractivity contribution in [1.29, 1.82) is 5.26 Å². The second-order valence-corrected chi connectivity index (χ2v) is 11.7. The number of amides is 1. The molecule has 2 aromatic heterocycles. The Labute approximate surface area is 281 Å². The number of alkyl halides is 3. The fraction of sp³-hybridized carbons (Fsp3) is 0.0811. The van der Waals surface area contributed by atoms with Crippen LogP contribution >= 0.6 is 11.3 Å². The molecule has 8 nitrogen and oxygen atoms in total. The first-order valence-corrected chi connectivity index (χ1v) is 15.7. The Balaban J connectivity index is 1.60. The highest BCUT2D eigenvalue weighted by molar-refractivity contribution is 7.07. The maximum Gasteiger partial charge on any atom is 0.418 e. The molecule has 0 aliphatic rings. The third-order valence-electron chi connectivity index (χ3n) is 7.54. The van der Waals surface area contributed by atoms with Crippen molar-refractivity contribution >= 4 is 28.9 Å². The van der Waals surface area contributed by atoms with Crippen molar-refractivity contribution in [1.82, 2.24) is 19.7 Å². The van der Waals surface area contributed by atoms with Crippen molar-refractivity contribution in [3.8, 4) is 34.5 Å². The van der Waals surface area contributed by atoms with Crippen LogP contribution in [0.4, 0.5) is 13.2 Å². The third kappa shape index (κ3) is 6.93. The third-order valence-corrected chi connectivity index (χ3v) is 8.63. The molecule has 0 fully saturated rings. The lowest BCUT2D eigenvalue weighted by Gasteiger charge is -2.13. The van der Waals surface area contributed by atoms with Crippen LogP contribution in [0.1, 0.15) is 16.7 Å². The molecule has 1 amide bonds. The van der Waals surface area contributed by atoms with Crippen molar-refractivity contribution in [3.05, 3.63) is 152 Å². The number of methoxy groups -OCH3 is 1. The van der Waals surface area contributed by atoms with Crippen LogP contribution in [0.25, 0.3) is 34.3 Å². The van der Waals surface area contributed by atoms with Crippen LogP contribution < -0.4 is 24.8 Å². The summed E-state index contributed by atoms with van der Waals surface area (Å²) >= 11 is 0.743. The standard InChI is InChI=1S/C37H26F3N5O3S/c1-48-28-18-16-25(17-19-28)33-26(23-44(43-33)27-12-6-3-7-13-27)20-32-35(47)45(31-15-9-8-14-30(31)37(38,39)40)36(49-32)29(21-41)34(46)42-22-24-10-4-2-5-11-24/h2-20,23H,22H2,1H3,(H,42,46)/b32-20-,36-29+. The number of halogens is 3. The van der Waals surface area contributed by atoms with Gasteiger partial charge in [-0.25, -0.2) is 4.68 Å². The van der Waals surface area contributed by atoms with E-state index in [-0.39, 0.29) is 15.7 Å². The molecule has 1 N–H and O–H groups in total. The smallest absolute Gasteiger partial charge is 0.418 e. The van der Waals surface area contributed by atoms with E-state index >= 15 is 0 Å². The fourth-order valence-electron chi connectivity index (χ4n) is 5.16. The van der Waals surface area contributed by atoms with E-state index in [9.17, 15) is 28.0 Å². The quantitative estimate of drug-likeness (QED) is 0.226. The number of aromatic nitrogens is 3. The largest absolute Gasteiger partial charge is 0.497 e. The van der Waals surface area contributed by atoms with Gasteiger partial charge in [0, 0.05) is 23.9 Å². The molecule has 244 valence electrons. The summed E-state index contributed by atoms with van der Waals surface area (Å²) in [5.74, 6) is -0.218. The van der Waals surface area contributed by atoms with Crippen molar-refractivity contribution in [2.24, 2.45) is 0 Å². The van der Waals surface area contributed by atoms with Gasteiger partial charge in [-0.2, -0.15) is 23.5 Å². The number of para-hydroxylation sites is 2. The van der Waals surface area contributed by atoms with Gasteiger partial charge in [0.05, 0.1) is 28.6 Å². The average Bonchev–Trinajstić information content (AvgIpc) is 3.69. The van der Waals surface area contributed by atoms with E-state index in [1.54, 1.807) is 66.5 Å². The Morgan fingerprint density at radius 3 is 2.27 bits per heavy atom. The van der Waals surface area contributed by atoms with E-state index in [2.05, 4.69) is 5.32 Å². The molecule has 2 heterocycles. The summed E-state index contributed by atoms with van der Waals surface area (Å²) in [7, 11) is 1.54. The lowest BCUT2D eigenvalue weighted by Crippen LogP contribution is -2.34. The fourth-order valence-corrected chi connectivity index (χ4v) is 6.25. The van der Waals surface area contributed by atoms with E-state index in [0.717, 1.165) is 39.3 Å². The van der Waals surface area contributed by atoms with E-state index in [0.29, 0.717) is 22.6 Å². The summed E-state index contributed by atoms with van der Waals surface area (Å²) in [6.07, 6.45) is -1.63. The van der Waals surface area contributed by atoms with Gasteiger partial charge in [-0.1, -0.05) is 60.7 Å². The number of benzene rings is 4. The van der Waals surface area contributed by atoms with E-state index in [4.69, 9.17) is 9.84 Å².